The number of benzene rings is 1. The molecule has 0 saturated carbocycles. The Balaban J connectivity index is 2.14. The summed E-state index contributed by atoms with van der Waals surface area (Å²) in [7, 11) is 0. The van der Waals surface area contributed by atoms with Gasteiger partial charge in [0.25, 0.3) is 0 Å². The molecule has 1 aromatic rings. The quantitative estimate of drug-likeness (QED) is 0.798. The highest BCUT2D eigenvalue weighted by atomic mass is 14.9. The summed E-state index contributed by atoms with van der Waals surface area (Å²) in [5.74, 6) is 1.09. The van der Waals surface area contributed by atoms with Crippen LogP contribution in [0.5, 0.6) is 0 Å². The van der Waals surface area contributed by atoms with E-state index < -0.39 is 0 Å². The molecule has 0 aromatic heterocycles. The molecule has 1 fully saturated rings. The largest absolute Gasteiger partial charge is 0.327 e. The van der Waals surface area contributed by atoms with Crippen LogP contribution in [0.2, 0.25) is 0 Å². The summed E-state index contributed by atoms with van der Waals surface area (Å²) in [5, 5.41) is 3.42. The fourth-order valence-corrected chi connectivity index (χ4v) is 2.37. The first-order chi connectivity index (χ1) is 7.68. The molecule has 16 heavy (non-hydrogen) atoms. The van der Waals surface area contributed by atoms with Gasteiger partial charge in [-0.15, -0.1) is 0 Å². The average Bonchev–Trinajstić information content (AvgIpc) is 2.30. The molecule has 0 spiro atoms. The molecule has 2 rings (SSSR count). The van der Waals surface area contributed by atoms with Crippen molar-refractivity contribution in [2.45, 2.75) is 38.1 Å². The molecule has 1 aromatic carbocycles. The topological polar surface area (TPSA) is 38.0 Å². The van der Waals surface area contributed by atoms with E-state index in [0.717, 1.165) is 19.5 Å². The third-order valence-electron chi connectivity index (χ3n) is 3.57. The molecule has 2 unspecified atom stereocenters. The zero-order valence-electron chi connectivity index (χ0n) is 10.2. The molecular formula is C14H22N2. The molecule has 1 saturated heterocycles. The van der Waals surface area contributed by atoms with E-state index >= 15 is 0 Å². The van der Waals surface area contributed by atoms with E-state index in [9.17, 15) is 0 Å². The number of nitrogens with two attached hydrogens (primary N) is 1. The summed E-state index contributed by atoms with van der Waals surface area (Å²) < 4.78 is 0. The second kappa shape index (κ2) is 4.98. The molecule has 2 atom stereocenters. The maximum atomic E-state index is 6.17. The Morgan fingerprint density at radius 1 is 1.25 bits per heavy atom. The van der Waals surface area contributed by atoms with Crippen LogP contribution < -0.4 is 11.1 Å². The lowest BCUT2D eigenvalue weighted by molar-refractivity contribution is 0.403. The van der Waals surface area contributed by atoms with Crippen LogP contribution in [-0.2, 0) is 0 Å². The van der Waals surface area contributed by atoms with Gasteiger partial charge < -0.3 is 11.1 Å². The number of hydrogen-bond donors (Lipinski definition) is 2. The first kappa shape index (κ1) is 11.6. The monoisotopic (exact) mass is 218 g/mol. The molecule has 1 heterocycles. The minimum atomic E-state index is 0.311. The Hall–Kier alpha value is -0.860. The Bertz CT molecular complexity index is 329. The molecule has 1 aliphatic rings. The molecule has 88 valence electrons. The summed E-state index contributed by atoms with van der Waals surface area (Å²) in [5.41, 5.74) is 8.95. The van der Waals surface area contributed by atoms with Crippen LogP contribution in [0.1, 0.15) is 43.2 Å². The van der Waals surface area contributed by atoms with E-state index in [1.807, 2.05) is 0 Å². The summed E-state index contributed by atoms with van der Waals surface area (Å²) in [6, 6.07) is 9.27. The van der Waals surface area contributed by atoms with Crippen molar-refractivity contribution in [2.75, 3.05) is 13.1 Å². The average molecular weight is 218 g/mol. The Labute approximate surface area is 98.2 Å². The predicted molar refractivity (Wildman–Crippen MR) is 68.7 cm³/mol. The van der Waals surface area contributed by atoms with Gasteiger partial charge in [-0.25, -0.2) is 0 Å². The van der Waals surface area contributed by atoms with Gasteiger partial charge in [-0.2, -0.15) is 0 Å². The predicted octanol–water partition coefficient (Wildman–Crippen LogP) is 2.21. The van der Waals surface area contributed by atoms with E-state index in [-0.39, 0.29) is 0 Å². The van der Waals surface area contributed by atoms with Crippen molar-refractivity contribution in [3.8, 4) is 0 Å². The zero-order chi connectivity index (χ0) is 11.5. The minimum absolute atomic E-state index is 0.311. The van der Waals surface area contributed by atoms with E-state index in [1.54, 1.807) is 0 Å². The van der Waals surface area contributed by atoms with Gasteiger partial charge in [0.2, 0.25) is 0 Å². The van der Waals surface area contributed by atoms with Crippen molar-refractivity contribution in [1.29, 1.82) is 0 Å². The standard InChI is InChI=1S/C14H22N2/c1-10(2)11-3-5-12(6-4-11)13-9-16-8-7-14(13)15/h3-6,10,13-14,16H,7-9,15H2,1-2H3. The van der Waals surface area contributed by atoms with Gasteiger partial charge in [-0.05, 0) is 30.0 Å². The highest BCUT2D eigenvalue weighted by molar-refractivity contribution is 5.28. The highest BCUT2D eigenvalue weighted by Gasteiger charge is 2.22. The zero-order valence-corrected chi connectivity index (χ0v) is 10.2. The second-order valence-electron chi connectivity index (χ2n) is 5.08. The van der Waals surface area contributed by atoms with E-state index in [0.29, 0.717) is 17.9 Å². The molecule has 0 aliphatic carbocycles. The normalized spacial score (nSPS) is 26.0. The maximum Gasteiger partial charge on any atom is 0.0132 e. The summed E-state index contributed by atoms with van der Waals surface area (Å²) in [6.07, 6.45) is 1.08. The van der Waals surface area contributed by atoms with Crippen LogP contribution in [0.4, 0.5) is 0 Å². The number of piperidine rings is 1. The van der Waals surface area contributed by atoms with Crippen LogP contribution in [0.3, 0.4) is 0 Å². The molecule has 0 radical (unpaired) electrons. The Kier molecular flexibility index (Phi) is 3.62. The van der Waals surface area contributed by atoms with E-state index in [1.165, 1.54) is 11.1 Å². The van der Waals surface area contributed by atoms with Crippen molar-refractivity contribution in [2.24, 2.45) is 5.73 Å². The smallest absolute Gasteiger partial charge is 0.0132 e. The highest BCUT2D eigenvalue weighted by Crippen LogP contribution is 2.24. The van der Waals surface area contributed by atoms with Gasteiger partial charge in [-0.3, -0.25) is 0 Å². The second-order valence-corrected chi connectivity index (χ2v) is 5.08. The van der Waals surface area contributed by atoms with Crippen molar-refractivity contribution < 1.29 is 0 Å². The van der Waals surface area contributed by atoms with Crippen LogP contribution >= 0.6 is 0 Å². The van der Waals surface area contributed by atoms with Crippen molar-refractivity contribution >= 4 is 0 Å². The maximum absolute atomic E-state index is 6.17. The van der Waals surface area contributed by atoms with Gasteiger partial charge in [-0.1, -0.05) is 38.1 Å². The number of rotatable bonds is 2. The van der Waals surface area contributed by atoms with Gasteiger partial charge in [0.1, 0.15) is 0 Å². The number of hydrogen-bond acceptors (Lipinski definition) is 2. The van der Waals surface area contributed by atoms with E-state index in [2.05, 4.69) is 43.4 Å². The van der Waals surface area contributed by atoms with Crippen LogP contribution in [-0.4, -0.2) is 19.1 Å². The summed E-state index contributed by atoms with van der Waals surface area (Å²) in [6.45, 7) is 6.52. The molecule has 0 amide bonds. The lowest BCUT2D eigenvalue weighted by Crippen LogP contribution is -2.43. The third-order valence-corrected chi connectivity index (χ3v) is 3.57. The summed E-state index contributed by atoms with van der Waals surface area (Å²) >= 11 is 0. The first-order valence-corrected chi connectivity index (χ1v) is 6.24. The fraction of sp³-hybridized carbons (Fsp3) is 0.571. The van der Waals surface area contributed by atoms with E-state index in [4.69, 9.17) is 5.73 Å². The third kappa shape index (κ3) is 2.45. The van der Waals surface area contributed by atoms with Crippen LogP contribution in [0.25, 0.3) is 0 Å². The van der Waals surface area contributed by atoms with Crippen LogP contribution in [0.15, 0.2) is 24.3 Å². The molecule has 1 aliphatic heterocycles. The van der Waals surface area contributed by atoms with Crippen molar-refractivity contribution in [1.82, 2.24) is 5.32 Å². The van der Waals surface area contributed by atoms with Crippen molar-refractivity contribution in [3.05, 3.63) is 35.4 Å². The lowest BCUT2D eigenvalue weighted by Gasteiger charge is -2.29. The first-order valence-electron chi connectivity index (χ1n) is 6.24. The molecule has 2 heteroatoms. The van der Waals surface area contributed by atoms with Gasteiger partial charge in [0, 0.05) is 18.5 Å². The Morgan fingerprint density at radius 2 is 1.94 bits per heavy atom. The lowest BCUT2D eigenvalue weighted by atomic mass is 9.86. The number of nitrogens with one attached hydrogen (secondary N) is 1. The summed E-state index contributed by atoms with van der Waals surface area (Å²) in [4.78, 5) is 0. The molecule has 3 N–H and O–H groups in total. The minimum Gasteiger partial charge on any atom is -0.327 e. The van der Waals surface area contributed by atoms with Gasteiger partial charge >= 0.3 is 0 Å². The molecular weight excluding hydrogens is 196 g/mol. The molecule has 0 bridgehead atoms. The SMILES string of the molecule is CC(C)c1ccc(C2CNCCC2N)cc1. The fourth-order valence-electron chi connectivity index (χ4n) is 2.37. The van der Waals surface area contributed by atoms with Crippen molar-refractivity contribution in [3.63, 3.8) is 0 Å². The van der Waals surface area contributed by atoms with Gasteiger partial charge in [0.05, 0.1) is 0 Å². The molecule has 2 nitrogen and oxygen atoms in total. The van der Waals surface area contributed by atoms with Crippen LogP contribution in [0, 0.1) is 0 Å². The Morgan fingerprint density at radius 3 is 2.50 bits per heavy atom. The van der Waals surface area contributed by atoms with Gasteiger partial charge in [0.15, 0.2) is 0 Å².